The molecule has 1 N–H and O–H groups in total. The van der Waals surface area contributed by atoms with Gasteiger partial charge in [0.15, 0.2) is 5.82 Å². The summed E-state index contributed by atoms with van der Waals surface area (Å²) in [6.45, 7) is 1.28. The Morgan fingerprint density at radius 1 is 1.15 bits per heavy atom. The van der Waals surface area contributed by atoms with E-state index in [1.807, 2.05) is 35.4 Å². The molecule has 5 nitrogen and oxygen atoms in total. The molecule has 6 heteroatoms. The van der Waals surface area contributed by atoms with Crippen LogP contribution in [0, 0.1) is 0 Å². The molecule has 0 atom stereocenters. The van der Waals surface area contributed by atoms with Gasteiger partial charge in [0.25, 0.3) is 0 Å². The molecular formula is C20H23ClN4O. The third-order valence-electron chi connectivity index (χ3n) is 5.26. The zero-order valence-electron chi connectivity index (χ0n) is 14.7. The molecule has 1 aromatic carbocycles. The molecule has 1 aromatic heterocycles. The van der Waals surface area contributed by atoms with Crippen LogP contribution in [0.15, 0.2) is 30.5 Å². The summed E-state index contributed by atoms with van der Waals surface area (Å²) < 4.78 is 0. The lowest BCUT2D eigenvalue weighted by Crippen LogP contribution is -2.47. The summed E-state index contributed by atoms with van der Waals surface area (Å²) >= 11 is 5.95. The topological polar surface area (TPSA) is 58.1 Å². The predicted molar refractivity (Wildman–Crippen MR) is 102 cm³/mol. The number of carbonyl (C=O) groups excluding carboxylic acids is 1. The van der Waals surface area contributed by atoms with Crippen LogP contribution in [0.5, 0.6) is 0 Å². The first-order valence-electron chi connectivity index (χ1n) is 9.35. The van der Waals surface area contributed by atoms with Crippen LogP contribution in [0.25, 0.3) is 11.4 Å². The number of fused-ring (bicyclic) bond motifs is 1. The van der Waals surface area contributed by atoms with Gasteiger partial charge in [0.2, 0.25) is 0 Å². The minimum Gasteiger partial charge on any atom is -0.335 e. The molecule has 0 saturated heterocycles. The Labute approximate surface area is 158 Å². The van der Waals surface area contributed by atoms with E-state index in [-0.39, 0.29) is 6.03 Å². The number of aromatic nitrogens is 2. The fourth-order valence-electron chi connectivity index (χ4n) is 3.74. The van der Waals surface area contributed by atoms with E-state index in [0.29, 0.717) is 30.0 Å². The van der Waals surface area contributed by atoms with E-state index < -0.39 is 0 Å². The number of halogens is 1. The molecule has 26 heavy (non-hydrogen) atoms. The van der Waals surface area contributed by atoms with Crippen molar-refractivity contribution in [1.29, 1.82) is 0 Å². The molecule has 136 valence electrons. The van der Waals surface area contributed by atoms with Crippen molar-refractivity contribution < 1.29 is 4.79 Å². The molecule has 0 bridgehead atoms. The molecule has 0 radical (unpaired) electrons. The lowest BCUT2D eigenvalue weighted by Gasteiger charge is -2.31. The summed E-state index contributed by atoms with van der Waals surface area (Å²) in [5.74, 6) is 0.709. The Morgan fingerprint density at radius 2 is 1.92 bits per heavy atom. The summed E-state index contributed by atoms with van der Waals surface area (Å²) in [5.41, 5.74) is 3.02. The molecule has 0 unspecified atom stereocenters. The number of nitrogens with zero attached hydrogens (tertiary/aromatic N) is 3. The number of hydrogen-bond acceptors (Lipinski definition) is 3. The molecular weight excluding hydrogens is 348 g/mol. The van der Waals surface area contributed by atoms with Gasteiger partial charge < -0.3 is 10.2 Å². The van der Waals surface area contributed by atoms with E-state index in [1.54, 1.807) is 0 Å². The number of benzene rings is 1. The van der Waals surface area contributed by atoms with E-state index in [0.717, 1.165) is 36.1 Å². The second-order valence-electron chi connectivity index (χ2n) is 7.13. The number of carbonyl (C=O) groups is 1. The lowest BCUT2D eigenvalue weighted by atomic mass is 9.96. The van der Waals surface area contributed by atoms with Gasteiger partial charge in [0.05, 0.1) is 12.2 Å². The number of hydrogen-bond donors (Lipinski definition) is 1. The average Bonchev–Trinajstić information content (AvgIpc) is 2.68. The highest BCUT2D eigenvalue weighted by Gasteiger charge is 2.24. The van der Waals surface area contributed by atoms with Gasteiger partial charge in [-0.1, -0.05) is 30.9 Å². The zero-order chi connectivity index (χ0) is 17.9. The van der Waals surface area contributed by atoms with E-state index in [4.69, 9.17) is 16.6 Å². The fourth-order valence-corrected chi connectivity index (χ4v) is 3.87. The van der Waals surface area contributed by atoms with Crippen molar-refractivity contribution in [1.82, 2.24) is 20.2 Å². The van der Waals surface area contributed by atoms with Crippen LogP contribution >= 0.6 is 11.6 Å². The lowest BCUT2D eigenvalue weighted by molar-refractivity contribution is 0.184. The van der Waals surface area contributed by atoms with Gasteiger partial charge in [-0.15, -0.1) is 0 Å². The maximum atomic E-state index is 12.6. The Morgan fingerprint density at radius 3 is 2.69 bits per heavy atom. The first-order valence-corrected chi connectivity index (χ1v) is 9.73. The highest BCUT2D eigenvalue weighted by molar-refractivity contribution is 6.30. The molecule has 2 aromatic rings. The highest BCUT2D eigenvalue weighted by Crippen LogP contribution is 2.23. The summed E-state index contributed by atoms with van der Waals surface area (Å²) in [6, 6.07) is 7.92. The second-order valence-corrected chi connectivity index (χ2v) is 7.56. The Kier molecular flexibility index (Phi) is 5.07. The van der Waals surface area contributed by atoms with E-state index in [2.05, 4.69) is 10.3 Å². The second kappa shape index (κ2) is 7.62. The van der Waals surface area contributed by atoms with Gasteiger partial charge >= 0.3 is 6.03 Å². The van der Waals surface area contributed by atoms with Crippen molar-refractivity contribution in [2.75, 3.05) is 6.54 Å². The van der Waals surface area contributed by atoms with Crippen LogP contribution in [0.3, 0.4) is 0 Å². The maximum Gasteiger partial charge on any atom is 0.317 e. The zero-order valence-corrected chi connectivity index (χ0v) is 15.5. The number of nitrogens with one attached hydrogen (secondary N) is 1. The van der Waals surface area contributed by atoms with Gasteiger partial charge in [-0.3, -0.25) is 0 Å². The maximum absolute atomic E-state index is 12.6. The Hall–Kier alpha value is -2.14. The Balaban J connectivity index is 1.44. The number of urea groups is 1. The van der Waals surface area contributed by atoms with Crippen LogP contribution in [-0.2, 0) is 13.0 Å². The molecule has 1 fully saturated rings. The number of rotatable bonds is 2. The first kappa shape index (κ1) is 17.3. The monoisotopic (exact) mass is 370 g/mol. The molecule has 2 amide bonds. The molecule has 2 heterocycles. The highest BCUT2D eigenvalue weighted by atomic mass is 35.5. The predicted octanol–water partition coefficient (Wildman–Crippen LogP) is 4.20. The third kappa shape index (κ3) is 3.83. The van der Waals surface area contributed by atoms with Gasteiger partial charge in [-0.2, -0.15) is 0 Å². The van der Waals surface area contributed by atoms with Gasteiger partial charge in [0.1, 0.15) is 0 Å². The Bertz CT molecular complexity index is 787. The van der Waals surface area contributed by atoms with Crippen molar-refractivity contribution >= 4 is 17.6 Å². The standard InChI is InChI=1S/C20H23ClN4O/c21-16-8-6-14(7-9-16)19-22-12-15-13-25(11-10-18(15)24-19)20(26)23-17-4-2-1-3-5-17/h6-9,12,17H,1-5,10-11,13H2,(H,23,26). The van der Waals surface area contributed by atoms with Crippen LogP contribution < -0.4 is 5.32 Å². The molecule has 4 rings (SSSR count). The smallest absolute Gasteiger partial charge is 0.317 e. The van der Waals surface area contributed by atoms with Gasteiger partial charge in [-0.05, 0) is 37.1 Å². The molecule has 1 aliphatic heterocycles. The average molecular weight is 371 g/mol. The van der Waals surface area contributed by atoms with E-state index in [1.165, 1.54) is 19.3 Å². The molecule has 1 saturated carbocycles. The van der Waals surface area contributed by atoms with Gasteiger partial charge in [0, 0.05) is 41.4 Å². The fraction of sp³-hybridized carbons (Fsp3) is 0.450. The molecule has 2 aliphatic rings. The summed E-state index contributed by atoms with van der Waals surface area (Å²) in [7, 11) is 0. The van der Waals surface area contributed by atoms with Gasteiger partial charge in [-0.25, -0.2) is 14.8 Å². The molecule has 1 aliphatic carbocycles. The first-order chi connectivity index (χ1) is 12.7. The number of amides is 2. The van der Waals surface area contributed by atoms with Crippen LogP contribution in [0.4, 0.5) is 4.79 Å². The molecule has 0 spiro atoms. The summed E-state index contributed by atoms with van der Waals surface area (Å²) in [4.78, 5) is 23.6. The van der Waals surface area contributed by atoms with Crippen molar-refractivity contribution in [3.05, 3.63) is 46.7 Å². The normalized spacial score (nSPS) is 17.7. The van der Waals surface area contributed by atoms with E-state index >= 15 is 0 Å². The largest absolute Gasteiger partial charge is 0.335 e. The van der Waals surface area contributed by atoms with Crippen molar-refractivity contribution in [2.45, 2.75) is 51.1 Å². The van der Waals surface area contributed by atoms with E-state index in [9.17, 15) is 4.79 Å². The third-order valence-corrected chi connectivity index (χ3v) is 5.51. The van der Waals surface area contributed by atoms with Crippen LogP contribution in [0.2, 0.25) is 5.02 Å². The minimum atomic E-state index is 0.0457. The quantitative estimate of drug-likeness (QED) is 0.861. The van der Waals surface area contributed by atoms with Crippen molar-refractivity contribution in [3.63, 3.8) is 0 Å². The summed E-state index contributed by atoms with van der Waals surface area (Å²) in [5, 5.41) is 3.90. The summed E-state index contributed by atoms with van der Waals surface area (Å²) in [6.07, 6.45) is 8.54. The van der Waals surface area contributed by atoms with Crippen LogP contribution in [0.1, 0.15) is 43.4 Å². The van der Waals surface area contributed by atoms with Crippen molar-refractivity contribution in [2.24, 2.45) is 0 Å². The van der Waals surface area contributed by atoms with Crippen LogP contribution in [-0.4, -0.2) is 33.5 Å². The van der Waals surface area contributed by atoms with Crippen molar-refractivity contribution in [3.8, 4) is 11.4 Å². The minimum absolute atomic E-state index is 0.0457. The SMILES string of the molecule is O=C(NC1CCCCC1)N1CCc2nc(-c3ccc(Cl)cc3)ncc2C1.